The summed E-state index contributed by atoms with van der Waals surface area (Å²) in [6, 6.07) is 15.3. The average Bonchev–Trinajstić information content (AvgIpc) is 2.96. The SMILES string of the molecule is Cc1cc2c(s1)CNCC2c1ccccc1-c1ccncc1. The van der Waals surface area contributed by atoms with Gasteiger partial charge >= 0.3 is 0 Å². The second-order valence-corrected chi connectivity index (χ2v) is 7.08. The molecule has 3 aromatic rings. The molecule has 110 valence electrons. The monoisotopic (exact) mass is 306 g/mol. The van der Waals surface area contributed by atoms with E-state index in [1.165, 1.54) is 32.0 Å². The summed E-state index contributed by atoms with van der Waals surface area (Å²) in [5, 5.41) is 3.58. The van der Waals surface area contributed by atoms with E-state index in [9.17, 15) is 0 Å². The molecule has 4 rings (SSSR count). The van der Waals surface area contributed by atoms with Gasteiger partial charge in [-0.2, -0.15) is 0 Å². The van der Waals surface area contributed by atoms with Gasteiger partial charge in [-0.15, -0.1) is 11.3 Å². The Morgan fingerprint density at radius 1 is 1.09 bits per heavy atom. The zero-order valence-electron chi connectivity index (χ0n) is 12.5. The number of thiophene rings is 1. The molecule has 0 saturated carbocycles. The van der Waals surface area contributed by atoms with Crippen molar-refractivity contribution in [1.29, 1.82) is 0 Å². The number of nitrogens with zero attached hydrogens (tertiary/aromatic N) is 1. The van der Waals surface area contributed by atoms with Gasteiger partial charge < -0.3 is 5.32 Å². The van der Waals surface area contributed by atoms with Crippen LogP contribution in [0.2, 0.25) is 0 Å². The molecule has 0 bridgehead atoms. The minimum absolute atomic E-state index is 0.429. The molecule has 1 aliphatic heterocycles. The maximum atomic E-state index is 4.14. The summed E-state index contributed by atoms with van der Waals surface area (Å²) in [6.45, 7) is 4.21. The molecule has 3 heteroatoms. The zero-order chi connectivity index (χ0) is 14.9. The fourth-order valence-electron chi connectivity index (χ4n) is 3.33. The number of aromatic nitrogens is 1. The van der Waals surface area contributed by atoms with E-state index >= 15 is 0 Å². The molecule has 0 fully saturated rings. The smallest absolute Gasteiger partial charge is 0.0303 e. The summed E-state index contributed by atoms with van der Waals surface area (Å²) in [4.78, 5) is 7.03. The Bertz CT molecular complexity index is 792. The van der Waals surface area contributed by atoms with Crippen molar-refractivity contribution in [2.75, 3.05) is 6.54 Å². The quantitative estimate of drug-likeness (QED) is 0.761. The van der Waals surface area contributed by atoms with Crippen LogP contribution in [-0.2, 0) is 6.54 Å². The van der Waals surface area contributed by atoms with E-state index < -0.39 is 0 Å². The van der Waals surface area contributed by atoms with Gasteiger partial charge in [0, 0.05) is 41.2 Å². The number of fused-ring (bicyclic) bond motifs is 1. The van der Waals surface area contributed by atoms with Crippen LogP contribution in [0, 0.1) is 6.92 Å². The Kier molecular flexibility index (Phi) is 3.53. The molecular formula is C19H18N2S. The van der Waals surface area contributed by atoms with Gasteiger partial charge in [0.2, 0.25) is 0 Å². The largest absolute Gasteiger partial charge is 0.311 e. The van der Waals surface area contributed by atoms with Gasteiger partial charge in [0.15, 0.2) is 0 Å². The van der Waals surface area contributed by atoms with Crippen LogP contribution in [-0.4, -0.2) is 11.5 Å². The molecule has 0 radical (unpaired) electrons. The van der Waals surface area contributed by atoms with Crippen molar-refractivity contribution in [3.8, 4) is 11.1 Å². The highest BCUT2D eigenvalue weighted by Gasteiger charge is 2.25. The normalized spacial score (nSPS) is 17.2. The summed E-state index contributed by atoms with van der Waals surface area (Å²) < 4.78 is 0. The molecule has 1 atom stereocenters. The summed E-state index contributed by atoms with van der Waals surface area (Å²) in [5.74, 6) is 0.429. The fourth-order valence-corrected chi connectivity index (χ4v) is 4.40. The molecule has 0 amide bonds. The van der Waals surface area contributed by atoms with Gasteiger partial charge in [0.1, 0.15) is 0 Å². The number of hydrogen-bond donors (Lipinski definition) is 1. The first kappa shape index (κ1) is 13.7. The molecule has 3 heterocycles. The molecule has 1 aromatic carbocycles. The van der Waals surface area contributed by atoms with Crippen LogP contribution in [0.25, 0.3) is 11.1 Å². The first-order valence-corrected chi connectivity index (χ1v) is 8.44. The lowest BCUT2D eigenvalue weighted by Gasteiger charge is -2.26. The molecule has 1 N–H and O–H groups in total. The van der Waals surface area contributed by atoms with Crippen LogP contribution < -0.4 is 5.32 Å². The first-order chi connectivity index (χ1) is 10.8. The van der Waals surface area contributed by atoms with Crippen molar-refractivity contribution in [3.63, 3.8) is 0 Å². The van der Waals surface area contributed by atoms with E-state index in [0.717, 1.165) is 13.1 Å². The molecule has 2 aromatic heterocycles. The van der Waals surface area contributed by atoms with Crippen LogP contribution in [0.15, 0.2) is 54.9 Å². The third-order valence-corrected chi connectivity index (χ3v) is 5.37. The molecular weight excluding hydrogens is 288 g/mol. The lowest BCUT2D eigenvalue weighted by molar-refractivity contribution is 0.601. The van der Waals surface area contributed by atoms with Crippen molar-refractivity contribution < 1.29 is 0 Å². The first-order valence-electron chi connectivity index (χ1n) is 7.62. The number of pyridine rings is 1. The number of benzene rings is 1. The van der Waals surface area contributed by atoms with Gasteiger partial charge in [-0.05, 0) is 47.4 Å². The fraction of sp³-hybridized carbons (Fsp3) is 0.211. The average molecular weight is 306 g/mol. The molecule has 1 unspecified atom stereocenters. The van der Waals surface area contributed by atoms with E-state index in [0.29, 0.717) is 5.92 Å². The number of aryl methyl sites for hydroxylation is 1. The van der Waals surface area contributed by atoms with Crippen LogP contribution in [0.1, 0.15) is 26.8 Å². The van der Waals surface area contributed by atoms with Gasteiger partial charge in [-0.3, -0.25) is 4.98 Å². The van der Waals surface area contributed by atoms with Crippen molar-refractivity contribution >= 4 is 11.3 Å². The number of rotatable bonds is 2. The molecule has 22 heavy (non-hydrogen) atoms. The minimum atomic E-state index is 0.429. The van der Waals surface area contributed by atoms with Crippen molar-refractivity contribution in [2.45, 2.75) is 19.4 Å². The maximum Gasteiger partial charge on any atom is 0.0303 e. The Balaban J connectivity index is 1.85. The number of hydrogen-bond acceptors (Lipinski definition) is 3. The van der Waals surface area contributed by atoms with E-state index in [1.54, 1.807) is 0 Å². The minimum Gasteiger partial charge on any atom is -0.311 e. The van der Waals surface area contributed by atoms with Crippen molar-refractivity contribution in [2.24, 2.45) is 0 Å². The highest BCUT2D eigenvalue weighted by atomic mass is 32.1. The molecule has 0 saturated heterocycles. The predicted octanol–water partition coefficient (Wildman–Crippen LogP) is 4.35. The second kappa shape index (κ2) is 5.67. The van der Waals surface area contributed by atoms with Crippen molar-refractivity contribution in [3.05, 3.63) is 75.7 Å². The van der Waals surface area contributed by atoms with Gasteiger partial charge in [-0.25, -0.2) is 0 Å². The maximum absolute atomic E-state index is 4.14. The Morgan fingerprint density at radius 3 is 2.77 bits per heavy atom. The predicted molar refractivity (Wildman–Crippen MR) is 92.3 cm³/mol. The Labute approximate surface area is 134 Å². The van der Waals surface area contributed by atoms with Gasteiger partial charge in [-0.1, -0.05) is 24.3 Å². The highest BCUT2D eigenvalue weighted by Crippen LogP contribution is 2.38. The molecule has 1 aliphatic rings. The molecule has 0 aliphatic carbocycles. The summed E-state index contributed by atoms with van der Waals surface area (Å²) in [7, 11) is 0. The Hall–Kier alpha value is -1.97. The standard InChI is InChI=1S/C19H18N2S/c1-13-10-17-18(11-21-12-19(17)22-13)16-5-3-2-4-15(16)14-6-8-20-9-7-14/h2-10,18,21H,11-12H2,1H3. The van der Waals surface area contributed by atoms with Crippen LogP contribution >= 0.6 is 11.3 Å². The molecule has 2 nitrogen and oxygen atoms in total. The second-order valence-electron chi connectivity index (χ2n) is 5.74. The van der Waals surface area contributed by atoms with E-state index in [4.69, 9.17) is 0 Å². The molecule has 0 spiro atoms. The summed E-state index contributed by atoms with van der Waals surface area (Å²) in [6.07, 6.45) is 3.73. The van der Waals surface area contributed by atoms with E-state index in [2.05, 4.69) is 59.7 Å². The lowest BCUT2D eigenvalue weighted by Crippen LogP contribution is -2.27. The summed E-state index contributed by atoms with van der Waals surface area (Å²) in [5.41, 5.74) is 5.46. The zero-order valence-corrected chi connectivity index (χ0v) is 13.4. The Morgan fingerprint density at radius 2 is 1.91 bits per heavy atom. The topological polar surface area (TPSA) is 24.9 Å². The summed E-state index contributed by atoms with van der Waals surface area (Å²) >= 11 is 1.92. The van der Waals surface area contributed by atoms with Crippen molar-refractivity contribution in [1.82, 2.24) is 10.3 Å². The van der Waals surface area contributed by atoms with E-state index in [-0.39, 0.29) is 0 Å². The highest BCUT2D eigenvalue weighted by molar-refractivity contribution is 7.12. The lowest BCUT2D eigenvalue weighted by atomic mass is 9.84. The van der Waals surface area contributed by atoms with Crippen LogP contribution in [0.5, 0.6) is 0 Å². The van der Waals surface area contributed by atoms with Crippen LogP contribution in [0.3, 0.4) is 0 Å². The third-order valence-electron chi connectivity index (χ3n) is 4.30. The number of nitrogens with one attached hydrogen (secondary N) is 1. The van der Waals surface area contributed by atoms with E-state index in [1.807, 2.05) is 23.7 Å². The van der Waals surface area contributed by atoms with Gasteiger partial charge in [0.05, 0.1) is 0 Å². The van der Waals surface area contributed by atoms with Gasteiger partial charge in [0.25, 0.3) is 0 Å². The third kappa shape index (κ3) is 2.36. The van der Waals surface area contributed by atoms with Crippen LogP contribution in [0.4, 0.5) is 0 Å².